The van der Waals surface area contributed by atoms with Gasteiger partial charge >= 0.3 is 0 Å². The molecule has 1 N–H and O–H groups in total. The molecule has 22 heavy (non-hydrogen) atoms. The second-order valence-electron chi connectivity index (χ2n) is 4.31. The third kappa shape index (κ3) is 3.94. The normalized spacial score (nSPS) is 10.1. The molecule has 2 aromatic carbocycles. The van der Waals surface area contributed by atoms with Crippen LogP contribution in [0.25, 0.3) is 0 Å². The molecule has 0 aromatic heterocycles. The molecule has 0 aliphatic carbocycles. The van der Waals surface area contributed by atoms with Crippen molar-refractivity contribution in [1.82, 2.24) is 0 Å². The number of carbonyl (C=O) groups is 1. The highest BCUT2D eigenvalue weighted by atomic mass is 19.1. The number of nitrogens with one attached hydrogen (secondary N) is 1. The van der Waals surface area contributed by atoms with Gasteiger partial charge in [0.25, 0.3) is 5.91 Å². The van der Waals surface area contributed by atoms with E-state index in [4.69, 9.17) is 9.47 Å². The minimum absolute atomic E-state index is 0.383. The van der Waals surface area contributed by atoms with E-state index in [1.54, 1.807) is 24.3 Å². The van der Waals surface area contributed by atoms with E-state index in [-0.39, 0.29) is 0 Å². The monoisotopic (exact) mass is 307 g/mol. The van der Waals surface area contributed by atoms with Crippen LogP contribution in [0.1, 0.15) is 6.92 Å². The van der Waals surface area contributed by atoms with Gasteiger partial charge in [-0.1, -0.05) is 18.2 Å². The van der Waals surface area contributed by atoms with Gasteiger partial charge in [0.2, 0.25) is 0 Å². The SMILES string of the molecule is CCOc1ccccc1OCC(=O)Nc1c(F)cccc1F. The molecule has 116 valence electrons. The van der Waals surface area contributed by atoms with E-state index in [2.05, 4.69) is 5.32 Å². The fourth-order valence-corrected chi connectivity index (χ4v) is 1.78. The number of rotatable bonds is 6. The van der Waals surface area contributed by atoms with Crippen molar-refractivity contribution in [2.75, 3.05) is 18.5 Å². The van der Waals surface area contributed by atoms with Gasteiger partial charge in [0.1, 0.15) is 17.3 Å². The Kier molecular flexibility index (Phi) is 5.30. The number of amides is 1. The van der Waals surface area contributed by atoms with Crippen molar-refractivity contribution in [3.05, 3.63) is 54.1 Å². The zero-order valence-corrected chi connectivity index (χ0v) is 11.9. The Balaban J connectivity index is 1.99. The summed E-state index contributed by atoms with van der Waals surface area (Å²) in [5.74, 6) is -1.48. The smallest absolute Gasteiger partial charge is 0.262 e. The van der Waals surface area contributed by atoms with Gasteiger partial charge in [-0.3, -0.25) is 4.79 Å². The molecule has 0 saturated carbocycles. The number of hydrogen-bond donors (Lipinski definition) is 1. The predicted octanol–water partition coefficient (Wildman–Crippen LogP) is 3.38. The van der Waals surface area contributed by atoms with Gasteiger partial charge in [0.15, 0.2) is 18.1 Å². The maximum absolute atomic E-state index is 13.4. The highest BCUT2D eigenvalue weighted by Crippen LogP contribution is 2.26. The lowest BCUT2D eigenvalue weighted by molar-refractivity contribution is -0.118. The van der Waals surface area contributed by atoms with Crippen molar-refractivity contribution in [3.63, 3.8) is 0 Å². The maximum Gasteiger partial charge on any atom is 0.262 e. The summed E-state index contributed by atoms with van der Waals surface area (Å²) >= 11 is 0. The molecule has 0 heterocycles. The average molecular weight is 307 g/mol. The Hall–Kier alpha value is -2.63. The molecule has 0 atom stereocenters. The number of hydrogen-bond acceptors (Lipinski definition) is 3. The van der Waals surface area contributed by atoms with Crippen molar-refractivity contribution in [3.8, 4) is 11.5 Å². The second-order valence-corrected chi connectivity index (χ2v) is 4.31. The van der Waals surface area contributed by atoms with E-state index in [1.165, 1.54) is 6.07 Å². The Morgan fingerprint density at radius 1 is 1.00 bits per heavy atom. The van der Waals surface area contributed by atoms with E-state index < -0.39 is 29.8 Å². The molecule has 0 radical (unpaired) electrons. The summed E-state index contributed by atoms with van der Waals surface area (Å²) in [6.45, 7) is 1.88. The third-order valence-electron chi connectivity index (χ3n) is 2.73. The molecule has 0 aliphatic heterocycles. The van der Waals surface area contributed by atoms with Gasteiger partial charge in [0, 0.05) is 0 Å². The van der Waals surface area contributed by atoms with Gasteiger partial charge in [0.05, 0.1) is 6.61 Å². The Morgan fingerprint density at radius 3 is 2.18 bits per heavy atom. The number of anilines is 1. The largest absolute Gasteiger partial charge is 0.490 e. The van der Waals surface area contributed by atoms with Crippen LogP contribution in [0.3, 0.4) is 0 Å². The third-order valence-corrected chi connectivity index (χ3v) is 2.73. The molecule has 0 bridgehead atoms. The standard InChI is InChI=1S/C16H15F2NO3/c1-2-21-13-8-3-4-9-14(13)22-10-15(20)19-16-11(17)6-5-7-12(16)18/h3-9H,2,10H2,1H3,(H,19,20). The molecule has 0 saturated heterocycles. The highest BCUT2D eigenvalue weighted by Gasteiger charge is 2.13. The Bertz CT molecular complexity index is 641. The van der Waals surface area contributed by atoms with Crippen LogP contribution in [0, 0.1) is 11.6 Å². The molecule has 0 spiro atoms. The quantitative estimate of drug-likeness (QED) is 0.890. The summed E-state index contributed by atoms with van der Waals surface area (Å²) in [7, 11) is 0. The molecular formula is C16H15F2NO3. The first-order valence-electron chi connectivity index (χ1n) is 6.70. The van der Waals surface area contributed by atoms with E-state index >= 15 is 0 Å². The summed E-state index contributed by atoms with van der Waals surface area (Å²) < 4.78 is 37.5. The number of halogens is 2. The molecule has 0 aliphatic rings. The molecule has 0 unspecified atom stereocenters. The first-order chi connectivity index (χ1) is 10.6. The lowest BCUT2D eigenvalue weighted by Crippen LogP contribution is -2.21. The molecule has 1 amide bonds. The Morgan fingerprint density at radius 2 is 1.59 bits per heavy atom. The first-order valence-corrected chi connectivity index (χ1v) is 6.70. The van der Waals surface area contributed by atoms with E-state index in [9.17, 15) is 13.6 Å². The predicted molar refractivity (Wildman–Crippen MR) is 78.1 cm³/mol. The first kappa shape index (κ1) is 15.8. The van der Waals surface area contributed by atoms with E-state index in [0.29, 0.717) is 18.1 Å². The summed E-state index contributed by atoms with van der Waals surface area (Å²) in [6, 6.07) is 10.2. The highest BCUT2D eigenvalue weighted by molar-refractivity contribution is 5.92. The van der Waals surface area contributed by atoms with Gasteiger partial charge in [-0.2, -0.15) is 0 Å². The zero-order chi connectivity index (χ0) is 15.9. The molecule has 0 fully saturated rings. The van der Waals surface area contributed by atoms with Crippen LogP contribution in [0.15, 0.2) is 42.5 Å². The van der Waals surface area contributed by atoms with Gasteiger partial charge in [-0.25, -0.2) is 8.78 Å². The van der Waals surface area contributed by atoms with Crippen molar-refractivity contribution in [2.24, 2.45) is 0 Å². The van der Waals surface area contributed by atoms with Crippen LogP contribution in [0.5, 0.6) is 11.5 Å². The Labute approximate surface area is 126 Å². The summed E-state index contributed by atoms with van der Waals surface area (Å²) in [6.07, 6.45) is 0. The van der Waals surface area contributed by atoms with E-state index in [0.717, 1.165) is 12.1 Å². The lowest BCUT2D eigenvalue weighted by Gasteiger charge is -2.12. The molecule has 2 rings (SSSR count). The van der Waals surface area contributed by atoms with Crippen LogP contribution in [-0.2, 0) is 4.79 Å². The topological polar surface area (TPSA) is 47.6 Å². The molecule has 6 heteroatoms. The average Bonchev–Trinajstić information content (AvgIpc) is 2.50. The van der Waals surface area contributed by atoms with Crippen molar-refractivity contribution in [2.45, 2.75) is 6.92 Å². The maximum atomic E-state index is 13.4. The van der Waals surface area contributed by atoms with Gasteiger partial charge in [-0.15, -0.1) is 0 Å². The fourth-order valence-electron chi connectivity index (χ4n) is 1.78. The van der Waals surface area contributed by atoms with Crippen molar-refractivity contribution >= 4 is 11.6 Å². The molecule has 4 nitrogen and oxygen atoms in total. The van der Waals surface area contributed by atoms with Crippen LogP contribution in [-0.4, -0.2) is 19.1 Å². The van der Waals surface area contributed by atoms with Crippen LogP contribution in [0.4, 0.5) is 14.5 Å². The van der Waals surface area contributed by atoms with Crippen LogP contribution >= 0.6 is 0 Å². The minimum Gasteiger partial charge on any atom is -0.490 e. The summed E-state index contributed by atoms with van der Waals surface area (Å²) in [4.78, 5) is 11.7. The number of carbonyl (C=O) groups excluding carboxylic acids is 1. The van der Waals surface area contributed by atoms with Crippen molar-refractivity contribution < 1.29 is 23.0 Å². The molecule has 2 aromatic rings. The van der Waals surface area contributed by atoms with E-state index in [1.807, 2.05) is 6.92 Å². The minimum atomic E-state index is -0.844. The van der Waals surface area contributed by atoms with Crippen molar-refractivity contribution in [1.29, 1.82) is 0 Å². The van der Waals surface area contributed by atoms with Gasteiger partial charge in [-0.05, 0) is 31.2 Å². The number of para-hydroxylation sites is 3. The number of ether oxygens (including phenoxy) is 2. The number of benzene rings is 2. The second kappa shape index (κ2) is 7.40. The van der Waals surface area contributed by atoms with Crippen LogP contribution < -0.4 is 14.8 Å². The summed E-state index contributed by atoms with van der Waals surface area (Å²) in [5.41, 5.74) is -0.491. The lowest BCUT2D eigenvalue weighted by atomic mass is 10.3. The van der Waals surface area contributed by atoms with Gasteiger partial charge < -0.3 is 14.8 Å². The summed E-state index contributed by atoms with van der Waals surface area (Å²) in [5, 5.41) is 2.15. The van der Waals surface area contributed by atoms with Crippen LogP contribution in [0.2, 0.25) is 0 Å². The molecular weight excluding hydrogens is 292 g/mol. The fraction of sp³-hybridized carbons (Fsp3) is 0.188. The zero-order valence-electron chi connectivity index (χ0n) is 11.9.